The highest BCUT2D eigenvalue weighted by Gasteiger charge is 2.18. The molecule has 0 radical (unpaired) electrons. The Balaban J connectivity index is 1.48. The Bertz CT molecular complexity index is 828. The molecule has 1 aromatic carbocycles. The van der Waals surface area contributed by atoms with E-state index < -0.39 is 0 Å². The van der Waals surface area contributed by atoms with Gasteiger partial charge in [0.1, 0.15) is 5.82 Å². The molecule has 4 rings (SSSR count). The average molecular weight is 380 g/mol. The molecule has 3 heterocycles. The van der Waals surface area contributed by atoms with Gasteiger partial charge in [0.2, 0.25) is 0 Å². The van der Waals surface area contributed by atoms with Crippen LogP contribution in [0, 0.1) is 0 Å². The zero-order valence-electron chi connectivity index (χ0n) is 15.5. The number of hydrogen-bond acceptors (Lipinski definition) is 5. The molecule has 6 heteroatoms. The summed E-state index contributed by atoms with van der Waals surface area (Å²) in [6.07, 6.45) is 5.37. The first kappa shape index (κ1) is 18.2. The van der Waals surface area contributed by atoms with E-state index in [2.05, 4.69) is 61.0 Å². The molecule has 2 aromatic heterocycles. The van der Waals surface area contributed by atoms with E-state index in [1.807, 2.05) is 18.3 Å². The quantitative estimate of drug-likeness (QED) is 0.559. The lowest BCUT2D eigenvalue weighted by molar-refractivity contribution is 0.316. The third-order valence-electron chi connectivity index (χ3n) is 4.86. The summed E-state index contributed by atoms with van der Waals surface area (Å²) in [6.45, 7) is 4.05. The Kier molecular flexibility index (Phi) is 6.17. The van der Waals surface area contributed by atoms with Crippen molar-refractivity contribution in [1.82, 2.24) is 24.6 Å². The fraction of sp³-hybridized carbons (Fsp3) is 0.381. The fourth-order valence-corrected chi connectivity index (χ4v) is 4.32. The van der Waals surface area contributed by atoms with E-state index in [0.29, 0.717) is 0 Å². The van der Waals surface area contributed by atoms with Crippen LogP contribution in [0.4, 0.5) is 0 Å². The summed E-state index contributed by atoms with van der Waals surface area (Å²) in [5.74, 6) is 2.02. The second kappa shape index (κ2) is 9.15. The van der Waals surface area contributed by atoms with Crippen LogP contribution in [0.5, 0.6) is 0 Å². The van der Waals surface area contributed by atoms with Gasteiger partial charge in [-0.3, -0.25) is 9.88 Å². The predicted octanol–water partition coefficient (Wildman–Crippen LogP) is 3.65. The highest BCUT2D eigenvalue weighted by Crippen LogP contribution is 2.21. The molecule has 1 saturated heterocycles. The van der Waals surface area contributed by atoms with Gasteiger partial charge < -0.3 is 4.57 Å². The largest absolute Gasteiger partial charge is 0.300 e. The first-order valence-electron chi connectivity index (χ1n) is 9.59. The number of likely N-dealkylation sites (tertiary alicyclic amines) is 1. The number of aromatic nitrogens is 4. The maximum absolute atomic E-state index is 4.54. The molecule has 0 unspecified atom stereocenters. The molecule has 0 amide bonds. The van der Waals surface area contributed by atoms with E-state index in [9.17, 15) is 0 Å². The van der Waals surface area contributed by atoms with Gasteiger partial charge in [-0.05, 0) is 50.0 Å². The summed E-state index contributed by atoms with van der Waals surface area (Å²) in [4.78, 5) is 6.89. The zero-order chi connectivity index (χ0) is 18.3. The molecule has 1 fully saturated rings. The first-order valence-corrected chi connectivity index (χ1v) is 10.6. The minimum Gasteiger partial charge on any atom is -0.300 e. The second-order valence-corrected chi connectivity index (χ2v) is 7.94. The van der Waals surface area contributed by atoms with Crippen molar-refractivity contribution in [2.75, 3.05) is 18.8 Å². The van der Waals surface area contributed by atoms with Crippen LogP contribution in [0.15, 0.2) is 59.9 Å². The van der Waals surface area contributed by atoms with Gasteiger partial charge in [0.15, 0.2) is 5.16 Å². The van der Waals surface area contributed by atoms with E-state index in [-0.39, 0.29) is 0 Å². The molecule has 1 aliphatic heterocycles. The Morgan fingerprint density at radius 1 is 0.889 bits per heavy atom. The molecule has 0 atom stereocenters. The molecule has 0 saturated carbocycles. The third kappa shape index (κ3) is 4.96. The van der Waals surface area contributed by atoms with Crippen LogP contribution in [-0.4, -0.2) is 43.5 Å². The van der Waals surface area contributed by atoms with Crippen molar-refractivity contribution in [1.29, 1.82) is 0 Å². The molecule has 5 nitrogen and oxygen atoms in total. The predicted molar refractivity (Wildman–Crippen MR) is 109 cm³/mol. The number of rotatable bonds is 8. The van der Waals surface area contributed by atoms with Crippen molar-refractivity contribution >= 4 is 11.8 Å². The lowest BCUT2D eigenvalue weighted by Gasteiger charge is -2.16. The number of thioether (sulfide) groups is 1. The molecule has 0 bridgehead atoms. The van der Waals surface area contributed by atoms with E-state index in [1.54, 1.807) is 11.8 Å². The van der Waals surface area contributed by atoms with Crippen molar-refractivity contribution < 1.29 is 0 Å². The normalized spacial score (nSPS) is 14.7. The van der Waals surface area contributed by atoms with Crippen LogP contribution >= 0.6 is 11.8 Å². The van der Waals surface area contributed by atoms with Crippen molar-refractivity contribution in [3.8, 4) is 0 Å². The highest BCUT2D eigenvalue weighted by atomic mass is 32.2. The van der Waals surface area contributed by atoms with Gasteiger partial charge in [-0.1, -0.05) is 48.2 Å². The van der Waals surface area contributed by atoms with Gasteiger partial charge >= 0.3 is 0 Å². The molecular weight excluding hydrogens is 354 g/mol. The highest BCUT2D eigenvalue weighted by molar-refractivity contribution is 7.99. The summed E-state index contributed by atoms with van der Waals surface area (Å²) < 4.78 is 2.29. The van der Waals surface area contributed by atoms with Crippen molar-refractivity contribution in [2.45, 2.75) is 37.5 Å². The van der Waals surface area contributed by atoms with Crippen molar-refractivity contribution in [3.05, 3.63) is 71.8 Å². The number of pyridine rings is 1. The molecule has 0 N–H and O–H groups in total. The number of nitrogens with zero attached hydrogens (tertiary/aromatic N) is 5. The smallest absolute Gasteiger partial charge is 0.191 e. The van der Waals surface area contributed by atoms with Gasteiger partial charge in [-0.15, -0.1) is 10.2 Å². The van der Waals surface area contributed by atoms with Gasteiger partial charge in [0.25, 0.3) is 0 Å². The monoisotopic (exact) mass is 379 g/mol. The zero-order valence-corrected chi connectivity index (χ0v) is 16.3. The standard InChI is InChI=1S/C21H25N5S/c1-2-8-18(9-3-1)16-26-20(17-25-13-6-7-14-25)23-24-21(26)27-15-11-19-10-4-5-12-22-19/h1-5,8-10,12H,6-7,11,13-17H2. The molecule has 0 aliphatic carbocycles. The Morgan fingerprint density at radius 3 is 2.48 bits per heavy atom. The SMILES string of the molecule is c1ccc(Cn2c(CN3CCCC3)nnc2SCCc2ccccn2)cc1. The van der Waals surface area contributed by atoms with Crippen LogP contribution < -0.4 is 0 Å². The lowest BCUT2D eigenvalue weighted by atomic mass is 10.2. The summed E-state index contributed by atoms with van der Waals surface area (Å²) >= 11 is 1.77. The summed E-state index contributed by atoms with van der Waals surface area (Å²) in [5, 5.41) is 10.1. The minimum atomic E-state index is 0.822. The number of hydrogen-bond donors (Lipinski definition) is 0. The Morgan fingerprint density at radius 2 is 1.70 bits per heavy atom. The first-order chi connectivity index (χ1) is 13.4. The minimum absolute atomic E-state index is 0.822. The molecule has 27 heavy (non-hydrogen) atoms. The third-order valence-corrected chi connectivity index (χ3v) is 5.82. The van der Waals surface area contributed by atoms with E-state index in [4.69, 9.17) is 0 Å². The summed E-state index contributed by atoms with van der Waals surface area (Å²) in [6, 6.07) is 16.7. The van der Waals surface area contributed by atoms with Gasteiger partial charge in [-0.2, -0.15) is 0 Å². The van der Waals surface area contributed by atoms with Crippen LogP contribution in [0.2, 0.25) is 0 Å². The number of benzene rings is 1. The van der Waals surface area contributed by atoms with E-state index in [1.165, 1.54) is 31.5 Å². The van der Waals surface area contributed by atoms with E-state index >= 15 is 0 Å². The van der Waals surface area contributed by atoms with E-state index in [0.717, 1.165) is 41.9 Å². The lowest BCUT2D eigenvalue weighted by Crippen LogP contribution is -2.21. The molecule has 3 aromatic rings. The second-order valence-electron chi connectivity index (χ2n) is 6.87. The summed E-state index contributed by atoms with van der Waals surface area (Å²) in [7, 11) is 0. The van der Waals surface area contributed by atoms with Crippen molar-refractivity contribution in [3.63, 3.8) is 0 Å². The molecule has 1 aliphatic rings. The summed E-state index contributed by atoms with van der Waals surface area (Å²) in [5.41, 5.74) is 2.41. The number of aryl methyl sites for hydroxylation is 1. The van der Waals surface area contributed by atoms with Gasteiger partial charge in [0, 0.05) is 17.6 Å². The van der Waals surface area contributed by atoms with Crippen LogP contribution in [0.1, 0.15) is 29.9 Å². The van der Waals surface area contributed by atoms with Gasteiger partial charge in [0.05, 0.1) is 13.1 Å². The van der Waals surface area contributed by atoms with Crippen LogP contribution in [0.3, 0.4) is 0 Å². The molecule has 140 valence electrons. The topological polar surface area (TPSA) is 46.8 Å². The fourth-order valence-electron chi connectivity index (χ4n) is 3.40. The Hall–Kier alpha value is -2.18. The van der Waals surface area contributed by atoms with Crippen LogP contribution in [-0.2, 0) is 19.5 Å². The maximum atomic E-state index is 4.54. The molecular formula is C21H25N5S. The van der Waals surface area contributed by atoms with Crippen molar-refractivity contribution in [2.24, 2.45) is 0 Å². The van der Waals surface area contributed by atoms with Gasteiger partial charge in [-0.25, -0.2) is 0 Å². The average Bonchev–Trinajstić information content (AvgIpc) is 3.35. The molecule has 0 spiro atoms. The Labute approximate surface area is 164 Å². The maximum Gasteiger partial charge on any atom is 0.191 e. The van der Waals surface area contributed by atoms with Crippen LogP contribution in [0.25, 0.3) is 0 Å².